The lowest BCUT2D eigenvalue weighted by Gasteiger charge is -2.43. The van der Waals surface area contributed by atoms with Crippen LogP contribution in [0.15, 0.2) is 0 Å². The molecule has 22 nitrogen and oxygen atoms in total. The van der Waals surface area contributed by atoms with Crippen molar-refractivity contribution in [3.8, 4) is 0 Å². The third-order valence-electron chi connectivity index (χ3n) is 7.79. The van der Waals surface area contributed by atoms with Gasteiger partial charge < -0.3 is 39.8 Å². The predicted octanol–water partition coefficient (Wildman–Crippen LogP) is -1.16. The van der Waals surface area contributed by atoms with Crippen LogP contribution < -0.4 is 10.6 Å². The summed E-state index contributed by atoms with van der Waals surface area (Å²) in [5.74, 6) is -8.42. The number of ether oxygens (including phenoxy) is 4. The number of carboxylic acid groups (broad SMARTS) is 2. The number of hydrogen-bond donors (Lipinski definition) is 4. The maximum atomic E-state index is 13.0. The molecule has 2 heterocycles. The van der Waals surface area contributed by atoms with E-state index in [-0.39, 0.29) is 26.2 Å². The monoisotopic (exact) mass is 772 g/mol. The largest absolute Gasteiger partial charge is 0.481 e. The molecule has 2 saturated heterocycles. The van der Waals surface area contributed by atoms with Crippen LogP contribution >= 0.6 is 0 Å². The molecule has 302 valence electrons. The highest BCUT2D eigenvalue weighted by molar-refractivity contribution is 6.00. The van der Waals surface area contributed by atoms with Gasteiger partial charge in [-0.15, -0.1) is 0 Å². The topological polar surface area (TPSA) is 285 Å². The first kappa shape index (κ1) is 44.8. The van der Waals surface area contributed by atoms with Gasteiger partial charge in [0.2, 0.25) is 23.6 Å². The zero-order valence-corrected chi connectivity index (χ0v) is 31.4. The fraction of sp³-hybridized carbons (Fsp3) is 0.688. The van der Waals surface area contributed by atoms with Gasteiger partial charge in [0.25, 0.3) is 0 Å². The lowest BCUT2D eigenvalue weighted by Crippen LogP contribution is -2.63. The Hall–Kier alpha value is -5.38. The number of carboxylic acids is 2. The number of imide groups is 2. The fourth-order valence-corrected chi connectivity index (χ4v) is 4.99. The molecule has 0 radical (unpaired) electrons. The third-order valence-corrected chi connectivity index (χ3v) is 7.79. The van der Waals surface area contributed by atoms with Crippen molar-refractivity contribution >= 4 is 59.7 Å². The fourth-order valence-electron chi connectivity index (χ4n) is 4.99. The van der Waals surface area contributed by atoms with Crippen LogP contribution in [0.3, 0.4) is 0 Å². The number of piperazine rings is 2. The van der Waals surface area contributed by atoms with Crippen LogP contribution in [0.1, 0.15) is 68.2 Å². The molecule has 0 aliphatic carbocycles. The summed E-state index contributed by atoms with van der Waals surface area (Å²) in [7, 11) is 0. The number of hydrogen-bond acceptors (Lipinski definition) is 16. The van der Waals surface area contributed by atoms with Crippen LogP contribution in [0.2, 0.25) is 0 Å². The first-order chi connectivity index (χ1) is 24.8. The number of nitrogens with zero attached hydrogens (tertiary/aromatic N) is 4. The summed E-state index contributed by atoms with van der Waals surface area (Å²) in [4.78, 5) is 128. The van der Waals surface area contributed by atoms with E-state index in [0.29, 0.717) is 9.80 Å². The molecule has 0 unspecified atom stereocenters. The Kier molecular flexibility index (Phi) is 15.4. The predicted molar refractivity (Wildman–Crippen MR) is 179 cm³/mol. The van der Waals surface area contributed by atoms with E-state index in [9.17, 15) is 47.9 Å². The Balaban J connectivity index is 1.97. The Morgan fingerprint density at radius 3 is 1.11 bits per heavy atom. The van der Waals surface area contributed by atoms with Gasteiger partial charge in [-0.05, 0) is 55.4 Å². The highest BCUT2D eigenvalue weighted by Gasteiger charge is 2.41. The molecule has 0 aromatic rings. The number of alkyl carbamates (subject to hydrolysis) is 2. The second-order valence-electron chi connectivity index (χ2n) is 14.5. The Bertz CT molecular complexity index is 1360. The SMILES string of the molecule is C[C@H]([C@H](C)N1CC(=O)N(COC(=O)[C@H](CC(=O)O)NC(=O)OC(C)(C)C)C(=O)C1)N1CC(=O)N(COC(=O)[C@H](CC(=O)O)NC(=O)OC(C)(C)C)C(=O)C1. The minimum atomic E-state index is -1.68. The van der Waals surface area contributed by atoms with Crippen molar-refractivity contribution in [1.29, 1.82) is 0 Å². The zero-order valence-electron chi connectivity index (χ0n) is 31.4. The molecule has 2 aliphatic heterocycles. The van der Waals surface area contributed by atoms with Gasteiger partial charge in [0.1, 0.15) is 23.3 Å². The van der Waals surface area contributed by atoms with E-state index in [2.05, 4.69) is 10.6 Å². The lowest BCUT2D eigenvalue weighted by molar-refractivity contribution is -0.170. The van der Waals surface area contributed by atoms with Crippen LogP contribution in [-0.4, -0.2) is 165 Å². The molecule has 22 heteroatoms. The summed E-state index contributed by atoms with van der Waals surface area (Å²) in [6.45, 7) is 9.56. The Morgan fingerprint density at radius 1 is 0.593 bits per heavy atom. The van der Waals surface area contributed by atoms with Crippen molar-refractivity contribution in [2.75, 3.05) is 39.6 Å². The molecular weight excluding hydrogens is 724 g/mol. The Morgan fingerprint density at radius 2 is 0.870 bits per heavy atom. The van der Waals surface area contributed by atoms with E-state index < -0.39 is 121 Å². The summed E-state index contributed by atoms with van der Waals surface area (Å²) >= 11 is 0. The molecule has 4 N–H and O–H groups in total. The molecule has 0 saturated carbocycles. The van der Waals surface area contributed by atoms with Crippen molar-refractivity contribution in [3.63, 3.8) is 0 Å². The number of amides is 6. The molecule has 0 aromatic carbocycles. The van der Waals surface area contributed by atoms with E-state index in [1.807, 2.05) is 0 Å². The summed E-state index contributed by atoms with van der Waals surface area (Å²) in [5, 5.41) is 22.5. The van der Waals surface area contributed by atoms with Crippen molar-refractivity contribution in [2.24, 2.45) is 0 Å². The van der Waals surface area contributed by atoms with Gasteiger partial charge in [-0.3, -0.25) is 38.6 Å². The molecule has 2 rings (SSSR count). The smallest absolute Gasteiger partial charge is 0.408 e. The first-order valence-electron chi connectivity index (χ1n) is 16.7. The van der Waals surface area contributed by atoms with E-state index in [1.54, 1.807) is 55.4 Å². The molecule has 0 spiro atoms. The lowest BCUT2D eigenvalue weighted by atomic mass is 10.1. The van der Waals surface area contributed by atoms with Gasteiger partial charge in [0.05, 0.1) is 39.0 Å². The number of aliphatic carboxylic acids is 2. The van der Waals surface area contributed by atoms with Gasteiger partial charge >= 0.3 is 36.1 Å². The van der Waals surface area contributed by atoms with Crippen molar-refractivity contribution in [2.45, 2.75) is 104 Å². The number of nitrogens with one attached hydrogen (secondary N) is 2. The van der Waals surface area contributed by atoms with Crippen LogP contribution in [0.25, 0.3) is 0 Å². The molecule has 0 aromatic heterocycles. The van der Waals surface area contributed by atoms with Crippen LogP contribution in [-0.2, 0) is 57.3 Å². The minimum absolute atomic E-state index is 0.337. The average Bonchev–Trinajstić information content (AvgIpc) is 2.99. The van der Waals surface area contributed by atoms with E-state index in [1.165, 1.54) is 9.80 Å². The van der Waals surface area contributed by atoms with E-state index >= 15 is 0 Å². The summed E-state index contributed by atoms with van der Waals surface area (Å²) in [5.41, 5.74) is -1.91. The maximum absolute atomic E-state index is 13.0. The summed E-state index contributed by atoms with van der Waals surface area (Å²) in [6, 6.07) is -4.56. The highest BCUT2D eigenvalue weighted by Crippen LogP contribution is 2.19. The minimum Gasteiger partial charge on any atom is -0.481 e. The van der Waals surface area contributed by atoms with E-state index in [4.69, 9.17) is 29.2 Å². The number of carbonyl (C=O) groups excluding carboxylic acids is 8. The quantitative estimate of drug-likeness (QED) is 0.0867. The maximum Gasteiger partial charge on any atom is 0.408 e. The van der Waals surface area contributed by atoms with Gasteiger partial charge in [-0.25, -0.2) is 29.0 Å². The standard InChI is InChI=1S/C32H48N6O16/c1-17(35-11-21(39)37(22(40)12-35)15-51-27(47)19(9-25(43)44)33-29(49)53-31(3,4)5)18(2)36-13-23(41)38(24(42)14-36)16-52-28(48)20(10-26(45)46)34-30(50)54-32(6,7)8/h17-20H,9-16H2,1-8H3,(H,33,49)(H,34,50)(H,43,44)(H,45,46)/t17-,18+,19-,20-/m0/s1. The number of rotatable bonds is 15. The average molecular weight is 773 g/mol. The Labute approximate surface area is 310 Å². The second-order valence-corrected chi connectivity index (χ2v) is 14.5. The molecule has 6 amide bonds. The number of carbonyl (C=O) groups is 10. The van der Waals surface area contributed by atoms with Crippen LogP contribution in [0, 0.1) is 0 Å². The van der Waals surface area contributed by atoms with Gasteiger partial charge in [0.15, 0.2) is 13.5 Å². The number of esters is 2. The van der Waals surface area contributed by atoms with E-state index in [0.717, 1.165) is 0 Å². The van der Waals surface area contributed by atoms with Gasteiger partial charge in [-0.2, -0.15) is 0 Å². The van der Waals surface area contributed by atoms with Crippen molar-refractivity contribution in [1.82, 2.24) is 30.2 Å². The van der Waals surface area contributed by atoms with Crippen molar-refractivity contribution < 1.29 is 77.1 Å². The van der Waals surface area contributed by atoms with Crippen LogP contribution in [0.4, 0.5) is 9.59 Å². The summed E-state index contributed by atoms with van der Waals surface area (Å²) < 4.78 is 20.1. The highest BCUT2D eigenvalue weighted by atomic mass is 16.6. The molecule has 2 fully saturated rings. The molecule has 0 bridgehead atoms. The zero-order chi connectivity index (χ0) is 41.3. The van der Waals surface area contributed by atoms with Gasteiger partial charge in [-0.1, -0.05) is 0 Å². The normalized spacial score (nSPS) is 18.2. The molecule has 4 atom stereocenters. The summed E-state index contributed by atoms with van der Waals surface area (Å²) in [6.07, 6.45) is -3.90. The molecule has 2 aliphatic rings. The van der Waals surface area contributed by atoms with Crippen LogP contribution in [0.5, 0.6) is 0 Å². The van der Waals surface area contributed by atoms with Gasteiger partial charge in [0, 0.05) is 12.1 Å². The molecular formula is C32H48N6O16. The first-order valence-corrected chi connectivity index (χ1v) is 16.7. The third kappa shape index (κ3) is 14.2. The second kappa shape index (κ2) is 18.6. The molecule has 54 heavy (non-hydrogen) atoms. The van der Waals surface area contributed by atoms with Crippen molar-refractivity contribution in [3.05, 3.63) is 0 Å².